The van der Waals surface area contributed by atoms with Crippen LogP contribution in [-0.4, -0.2) is 31.0 Å². The van der Waals surface area contributed by atoms with Crippen LogP contribution < -0.4 is 5.32 Å². The van der Waals surface area contributed by atoms with Crippen molar-refractivity contribution in [3.05, 3.63) is 29.8 Å². The fourth-order valence-corrected chi connectivity index (χ4v) is 1.70. The highest BCUT2D eigenvalue weighted by molar-refractivity contribution is 5.52. The summed E-state index contributed by atoms with van der Waals surface area (Å²) >= 11 is 0. The van der Waals surface area contributed by atoms with Crippen molar-refractivity contribution in [1.29, 1.82) is 0 Å². The van der Waals surface area contributed by atoms with Gasteiger partial charge < -0.3 is 15.2 Å². The number of ether oxygens (including phenoxy) is 1. The molecule has 0 radical (unpaired) electrons. The molecule has 0 saturated heterocycles. The van der Waals surface area contributed by atoms with Gasteiger partial charge in [-0.25, -0.2) is 0 Å². The first-order chi connectivity index (χ1) is 8.15. The van der Waals surface area contributed by atoms with E-state index >= 15 is 0 Å². The molecule has 1 aromatic carbocycles. The van der Waals surface area contributed by atoms with Crippen molar-refractivity contribution in [1.82, 2.24) is 0 Å². The lowest BCUT2D eigenvalue weighted by Gasteiger charge is -2.17. The lowest BCUT2D eigenvalue weighted by Crippen LogP contribution is -2.25. The summed E-state index contributed by atoms with van der Waals surface area (Å²) in [4.78, 5) is 0. The Labute approximate surface area is 104 Å². The molecule has 3 nitrogen and oxygen atoms in total. The van der Waals surface area contributed by atoms with Gasteiger partial charge in [0.2, 0.25) is 0 Å². The van der Waals surface area contributed by atoms with Gasteiger partial charge in [0, 0.05) is 18.8 Å². The highest BCUT2D eigenvalue weighted by Crippen LogP contribution is 2.23. The summed E-state index contributed by atoms with van der Waals surface area (Å²) in [5, 5.41) is 13.0. The van der Waals surface area contributed by atoms with Gasteiger partial charge in [-0.3, -0.25) is 0 Å². The third kappa shape index (κ3) is 4.75. The Bertz CT molecular complexity index is 326. The molecule has 0 aromatic heterocycles. The summed E-state index contributed by atoms with van der Waals surface area (Å²) in [6.07, 6.45) is -0.463. The maximum Gasteiger partial charge on any atom is 0.0945 e. The van der Waals surface area contributed by atoms with Crippen molar-refractivity contribution in [2.24, 2.45) is 0 Å². The highest BCUT2D eigenvalue weighted by atomic mass is 16.5. The molecule has 0 bridgehead atoms. The van der Waals surface area contributed by atoms with Crippen molar-refractivity contribution in [3.63, 3.8) is 0 Å². The molecule has 0 aliphatic heterocycles. The maximum absolute atomic E-state index is 9.68. The van der Waals surface area contributed by atoms with Crippen LogP contribution in [0.25, 0.3) is 0 Å². The van der Waals surface area contributed by atoms with Crippen molar-refractivity contribution >= 4 is 5.69 Å². The van der Waals surface area contributed by atoms with Gasteiger partial charge in [0.15, 0.2) is 0 Å². The highest BCUT2D eigenvalue weighted by Gasteiger charge is 2.08. The number of para-hydroxylation sites is 1. The van der Waals surface area contributed by atoms with Crippen LogP contribution in [0.1, 0.15) is 32.3 Å². The van der Waals surface area contributed by atoms with Gasteiger partial charge in [-0.15, -0.1) is 0 Å². The van der Waals surface area contributed by atoms with Gasteiger partial charge >= 0.3 is 0 Å². The molecule has 96 valence electrons. The molecule has 2 N–H and O–H groups in total. The Morgan fingerprint density at radius 2 is 2.00 bits per heavy atom. The quantitative estimate of drug-likeness (QED) is 0.766. The van der Waals surface area contributed by atoms with Gasteiger partial charge in [0.25, 0.3) is 0 Å². The number of hydrogen-bond donors (Lipinski definition) is 2. The molecule has 0 spiro atoms. The van der Waals surface area contributed by atoms with E-state index in [2.05, 4.69) is 25.2 Å². The van der Waals surface area contributed by atoms with Crippen molar-refractivity contribution in [2.45, 2.75) is 32.8 Å². The molecule has 0 amide bonds. The second-order valence-corrected chi connectivity index (χ2v) is 4.44. The van der Waals surface area contributed by atoms with E-state index in [1.165, 1.54) is 5.56 Å². The number of benzene rings is 1. The van der Waals surface area contributed by atoms with Crippen LogP contribution in [0, 0.1) is 0 Å². The minimum atomic E-state index is -0.463. The Morgan fingerprint density at radius 3 is 2.65 bits per heavy atom. The molecule has 1 aromatic rings. The third-order valence-electron chi connectivity index (χ3n) is 2.63. The fourth-order valence-electron chi connectivity index (χ4n) is 1.70. The normalized spacial score (nSPS) is 12.8. The number of hydrogen-bond acceptors (Lipinski definition) is 3. The molecule has 1 atom stereocenters. The van der Waals surface area contributed by atoms with Gasteiger partial charge in [0.1, 0.15) is 0 Å². The summed E-state index contributed by atoms with van der Waals surface area (Å²) in [5.41, 5.74) is 2.37. The monoisotopic (exact) mass is 237 g/mol. The van der Waals surface area contributed by atoms with Crippen molar-refractivity contribution in [2.75, 3.05) is 25.1 Å². The van der Waals surface area contributed by atoms with E-state index in [1.807, 2.05) is 25.1 Å². The second kappa shape index (κ2) is 7.30. The minimum absolute atomic E-state index is 0.382. The summed E-state index contributed by atoms with van der Waals surface area (Å²) in [6, 6.07) is 8.20. The van der Waals surface area contributed by atoms with E-state index in [9.17, 15) is 5.11 Å². The first-order valence-electron chi connectivity index (χ1n) is 6.23. The summed E-state index contributed by atoms with van der Waals surface area (Å²) in [6.45, 7) is 7.79. The zero-order valence-electron chi connectivity index (χ0n) is 10.9. The summed E-state index contributed by atoms with van der Waals surface area (Å²) in [5.74, 6) is 0.475. The van der Waals surface area contributed by atoms with Crippen LogP contribution in [0.3, 0.4) is 0 Å². The van der Waals surface area contributed by atoms with Crippen LogP contribution in [0.15, 0.2) is 24.3 Å². The molecule has 3 heteroatoms. The predicted molar refractivity (Wildman–Crippen MR) is 71.5 cm³/mol. The van der Waals surface area contributed by atoms with Gasteiger partial charge in [-0.2, -0.15) is 0 Å². The lowest BCUT2D eigenvalue weighted by atomic mass is 10.0. The molecule has 1 rings (SSSR count). The van der Waals surface area contributed by atoms with Gasteiger partial charge in [-0.1, -0.05) is 32.0 Å². The lowest BCUT2D eigenvalue weighted by molar-refractivity contribution is 0.0496. The Morgan fingerprint density at radius 1 is 1.29 bits per heavy atom. The minimum Gasteiger partial charge on any atom is -0.389 e. The second-order valence-electron chi connectivity index (χ2n) is 4.44. The molecule has 0 aliphatic carbocycles. The van der Waals surface area contributed by atoms with E-state index in [-0.39, 0.29) is 0 Å². The molecule has 0 fully saturated rings. The number of rotatable bonds is 7. The zero-order chi connectivity index (χ0) is 12.7. The fraction of sp³-hybridized carbons (Fsp3) is 0.571. The van der Waals surface area contributed by atoms with E-state index in [0.717, 1.165) is 5.69 Å². The molecule has 0 aliphatic rings. The SMILES string of the molecule is CCOCC(O)CNc1ccccc1C(C)C. The van der Waals surface area contributed by atoms with Crippen LogP contribution in [0.4, 0.5) is 5.69 Å². The van der Waals surface area contributed by atoms with E-state index in [1.54, 1.807) is 0 Å². The number of nitrogens with one attached hydrogen (secondary N) is 1. The average Bonchev–Trinajstić information content (AvgIpc) is 2.34. The van der Waals surface area contributed by atoms with Crippen molar-refractivity contribution < 1.29 is 9.84 Å². The molecular weight excluding hydrogens is 214 g/mol. The summed E-state index contributed by atoms with van der Waals surface area (Å²) < 4.78 is 5.17. The molecule has 17 heavy (non-hydrogen) atoms. The third-order valence-corrected chi connectivity index (χ3v) is 2.63. The molecule has 0 heterocycles. The Kier molecular flexibility index (Phi) is 6.01. The Hall–Kier alpha value is -1.06. The van der Waals surface area contributed by atoms with Gasteiger partial charge in [0.05, 0.1) is 12.7 Å². The molecular formula is C14H23NO2. The number of aliphatic hydroxyl groups excluding tert-OH is 1. The van der Waals surface area contributed by atoms with E-state index in [0.29, 0.717) is 25.7 Å². The smallest absolute Gasteiger partial charge is 0.0945 e. The predicted octanol–water partition coefficient (Wildman–Crippen LogP) is 2.62. The molecule has 1 unspecified atom stereocenters. The van der Waals surface area contributed by atoms with Crippen LogP contribution >= 0.6 is 0 Å². The zero-order valence-corrected chi connectivity index (χ0v) is 10.9. The number of anilines is 1. The van der Waals surface area contributed by atoms with Crippen LogP contribution in [0.5, 0.6) is 0 Å². The number of aliphatic hydroxyl groups is 1. The van der Waals surface area contributed by atoms with Crippen LogP contribution in [0.2, 0.25) is 0 Å². The van der Waals surface area contributed by atoms with E-state index < -0.39 is 6.10 Å². The van der Waals surface area contributed by atoms with Crippen LogP contribution in [-0.2, 0) is 4.74 Å². The summed E-state index contributed by atoms with van der Waals surface area (Å²) in [7, 11) is 0. The standard InChI is InChI=1S/C14H23NO2/c1-4-17-10-12(16)9-15-14-8-6-5-7-13(14)11(2)3/h5-8,11-12,15-16H,4,9-10H2,1-3H3. The average molecular weight is 237 g/mol. The van der Waals surface area contributed by atoms with Gasteiger partial charge in [-0.05, 0) is 24.5 Å². The molecule has 0 saturated carbocycles. The van der Waals surface area contributed by atoms with E-state index in [4.69, 9.17) is 4.74 Å². The first-order valence-corrected chi connectivity index (χ1v) is 6.23. The Balaban J connectivity index is 2.51. The maximum atomic E-state index is 9.68. The largest absolute Gasteiger partial charge is 0.389 e. The first kappa shape index (κ1) is 14.0. The van der Waals surface area contributed by atoms with Crippen molar-refractivity contribution in [3.8, 4) is 0 Å². The topological polar surface area (TPSA) is 41.5 Å².